The van der Waals surface area contributed by atoms with Crippen LogP contribution in [-0.4, -0.2) is 57.0 Å². The van der Waals surface area contributed by atoms with Gasteiger partial charge in [-0.3, -0.25) is 4.90 Å². The van der Waals surface area contributed by atoms with Crippen LogP contribution in [0.3, 0.4) is 0 Å². The van der Waals surface area contributed by atoms with E-state index in [0.717, 1.165) is 36.1 Å². The fourth-order valence-electron chi connectivity index (χ4n) is 4.19. The molecule has 36 heavy (non-hydrogen) atoms. The van der Waals surface area contributed by atoms with Crippen molar-refractivity contribution in [2.24, 2.45) is 10.4 Å². The number of fused-ring (bicyclic) bond motifs is 1. The lowest BCUT2D eigenvalue weighted by atomic mass is 9.83. The lowest BCUT2D eigenvalue weighted by Crippen LogP contribution is -2.46. The molecule has 4 rings (SSSR count). The Bertz CT molecular complexity index is 1220. The van der Waals surface area contributed by atoms with Gasteiger partial charge in [0.1, 0.15) is 17.5 Å². The standard InChI is InChI=1S/C24H24F5N5O2/c1-13-10-18(33-8-6-23(2,3)7-9-33)32-21-15(11-14(25)12-34(13)21)20(24(27,28)29)30-16-4-5-17(26)31-19(16)22(35)36/h4-5,10-12,20,30H,1,6-9H2,2-3H3,(H,35,36)/t20-/m0/s1. The van der Waals surface area contributed by atoms with E-state index in [9.17, 15) is 31.9 Å². The highest BCUT2D eigenvalue weighted by atomic mass is 19.4. The van der Waals surface area contributed by atoms with Gasteiger partial charge in [0.15, 0.2) is 11.7 Å². The highest BCUT2D eigenvalue weighted by Gasteiger charge is 2.47. The molecule has 0 radical (unpaired) electrons. The van der Waals surface area contributed by atoms with Crippen molar-refractivity contribution in [1.82, 2.24) is 14.8 Å². The summed E-state index contributed by atoms with van der Waals surface area (Å²) in [4.78, 5) is 22.2. The summed E-state index contributed by atoms with van der Waals surface area (Å²) in [5.41, 5.74) is -1.78. The maximum atomic E-state index is 14.5. The Balaban J connectivity index is 1.75. The number of carbonyl (C=O) groups is 1. The van der Waals surface area contributed by atoms with Crippen LogP contribution in [0.15, 0.2) is 65.0 Å². The minimum Gasteiger partial charge on any atom is -0.476 e. The average Bonchev–Trinajstić information content (AvgIpc) is 2.77. The van der Waals surface area contributed by atoms with E-state index in [0.29, 0.717) is 25.0 Å². The summed E-state index contributed by atoms with van der Waals surface area (Å²) < 4.78 is 70.9. The van der Waals surface area contributed by atoms with Gasteiger partial charge in [-0.2, -0.15) is 17.6 Å². The van der Waals surface area contributed by atoms with E-state index in [1.54, 1.807) is 6.08 Å². The van der Waals surface area contributed by atoms with Crippen molar-refractivity contribution in [2.45, 2.75) is 38.9 Å². The van der Waals surface area contributed by atoms with Gasteiger partial charge in [0.2, 0.25) is 5.95 Å². The van der Waals surface area contributed by atoms with Gasteiger partial charge in [0.25, 0.3) is 0 Å². The summed E-state index contributed by atoms with van der Waals surface area (Å²) in [6.45, 7) is 9.41. The molecule has 1 aromatic rings. The van der Waals surface area contributed by atoms with Crippen LogP contribution in [-0.2, 0) is 0 Å². The Morgan fingerprint density at radius 2 is 1.86 bits per heavy atom. The molecule has 7 nitrogen and oxygen atoms in total. The maximum absolute atomic E-state index is 14.5. The van der Waals surface area contributed by atoms with Gasteiger partial charge in [-0.25, -0.2) is 19.2 Å². The fraction of sp³-hybridized carbons (Fsp3) is 0.375. The molecule has 1 saturated heterocycles. The van der Waals surface area contributed by atoms with E-state index in [2.05, 4.69) is 35.7 Å². The fourth-order valence-corrected chi connectivity index (χ4v) is 4.19. The molecular formula is C24H24F5N5O2. The minimum atomic E-state index is -5.01. The number of allylic oxidation sites excluding steroid dienone is 3. The van der Waals surface area contributed by atoms with Gasteiger partial charge < -0.3 is 15.3 Å². The summed E-state index contributed by atoms with van der Waals surface area (Å²) in [5, 5.41) is 11.4. The summed E-state index contributed by atoms with van der Waals surface area (Å²) in [6.07, 6.45) is -0.0629. The van der Waals surface area contributed by atoms with Crippen molar-refractivity contribution in [1.29, 1.82) is 0 Å². The van der Waals surface area contributed by atoms with Gasteiger partial charge >= 0.3 is 12.1 Å². The van der Waals surface area contributed by atoms with Crippen LogP contribution in [0, 0.1) is 11.4 Å². The van der Waals surface area contributed by atoms with Gasteiger partial charge in [-0.1, -0.05) is 20.4 Å². The van der Waals surface area contributed by atoms with Crippen molar-refractivity contribution in [2.75, 3.05) is 18.4 Å². The number of rotatable bonds is 5. The molecule has 1 atom stereocenters. The van der Waals surface area contributed by atoms with Crippen LogP contribution >= 0.6 is 0 Å². The Hall–Kier alpha value is -3.70. The molecule has 1 aromatic heterocycles. The van der Waals surface area contributed by atoms with Crippen LogP contribution in [0.2, 0.25) is 0 Å². The summed E-state index contributed by atoms with van der Waals surface area (Å²) in [6, 6.07) is -1.03. The first-order valence-corrected chi connectivity index (χ1v) is 11.1. The maximum Gasteiger partial charge on any atom is 0.412 e. The number of likely N-dealkylation sites (tertiary alicyclic amines) is 1. The Morgan fingerprint density at radius 1 is 1.19 bits per heavy atom. The summed E-state index contributed by atoms with van der Waals surface area (Å²) in [5.74, 6) is -3.69. The average molecular weight is 509 g/mol. The molecule has 1 fully saturated rings. The molecule has 0 amide bonds. The third kappa shape index (κ3) is 5.12. The molecule has 0 aliphatic carbocycles. The molecule has 4 heterocycles. The Labute approximate surface area is 204 Å². The zero-order chi connectivity index (χ0) is 26.4. The highest BCUT2D eigenvalue weighted by Crippen LogP contribution is 2.38. The number of carboxylic acids is 1. The first kappa shape index (κ1) is 25.4. The van der Waals surface area contributed by atoms with E-state index < -0.39 is 46.9 Å². The molecule has 0 aromatic carbocycles. The second kappa shape index (κ2) is 9.07. The quantitative estimate of drug-likeness (QED) is 0.419. The number of halogens is 5. The number of amidine groups is 1. The van der Waals surface area contributed by atoms with Crippen LogP contribution in [0.25, 0.3) is 0 Å². The van der Waals surface area contributed by atoms with Gasteiger partial charge in [0.05, 0.1) is 5.69 Å². The molecule has 192 valence electrons. The molecular weight excluding hydrogens is 485 g/mol. The summed E-state index contributed by atoms with van der Waals surface area (Å²) >= 11 is 0. The predicted molar refractivity (Wildman–Crippen MR) is 123 cm³/mol. The van der Waals surface area contributed by atoms with E-state index in [1.807, 2.05) is 4.90 Å². The number of nitrogens with one attached hydrogen (secondary N) is 1. The molecule has 0 spiro atoms. The van der Waals surface area contributed by atoms with Crippen LogP contribution < -0.4 is 5.32 Å². The molecule has 0 saturated carbocycles. The second-order valence-electron chi connectivity index (χ2n) is 9.52. The lowest BCUT2D eigenvalue weighted by Gasteiger charge is -2.41. The van der Waals surface area contributed by atoms with Crippen molar-refractivity contribution < 1.29 is 31.9 Å². The van der Waals surface area contributed by atoms with Gasteiger partial charge in [-0.15, -0.1) is 0 Å². The molecule has 2 N–H and O–H groups in total. The van der Waals surface area contributed by atoms with Crippen molar-refractivity contribution in [3.05, 3.63) is 71.6 Å². The van der Waals surface area contributed by atoms with E-state index in [4.69, 9.17) is 0 Å². The number of alkyl halides is 3. The number of carboxylic acid groups (broad SMARTS) is 1. The van der Waals surface area contributed by atoms with E-state index >= 15 is 0 Å². The number of hydrogen-bond acceptors (Lipinski definition) is 6. The minimum absolute atomic E-state index is 0.125. The number of aromatic nitrogens is 1. The summed E-state index contributed by atoms with van der Waals surface area (Å²) in [7, 11) is 0. The Kier molecular flexibility index (Phi) is 6.40. The zero-order valence-electron chi connectivity index (χ0n) is 19.5. The topological polar surface area (TPSA) is 81.1 Å². The van der Waals surface area contributed by atoms with Gasteiger partial charge in [0, 0.05) is 36.6 Å². The number of aliphatic imine (C=N–C) groups is 1. The first-order valence-electron chi connectivity index (χ1n) is 11.1. The van der Waals surface area contributed by atoms with Crippen molar-refractivity contribution >= 4 is 17.5 Å². The third-order valence-corrected chi connectivity index (χ3v) is 6.30. The third-order valence-electron chi connectivity index (χ3n) is 6.30. The largest absolute Gasteiger partial charge is 0.476 e. The van der Waals surface area contributed by atoms with Crippen LogP contribution in [0.4, 0.5) is 27.6 Å². The smallest absolute Gasteiger partial charge is 0.412 e. The zero-order valence-corrected chi connectivity index (χ0v) is 19.5. The van der Waals surface area contributed by atoms with E-state index in [-0.39, 0.29) is 16.9 Å². The van der Waals surface area contributed by atoms with Crippen LogP contribution in [0.1, 0.15) is 37.2 Å². The SMILES string of the molecule is C=C1C=C(N2CCC(C)(C)CC2)N=C2C([C@H](Nc3ccc(F)nc3C(=O)O)C(F)(F)F)=CC(F)=CN12. The number of anilines is 1. The number of pyridine rings is 1. The van der Waals surface area contributed by atoms with Crippen LogP contribution in [0.5, 0.6) is 0 Å². The first-order chi connectivity index (χ1) is 16.7. The van der Waals surface area contributed by atoms with E-state index in [1.165, 1.54) is 0 Å². The van der Waals surface area contributed by atoms with Crippen molar-refractivity contribution in [3.63, 3.8) is 0 Å². The Morgan fingerprint density at radius 3 is 2.47 bits per heavy atom. The number of piperidine rings is 1. The van der Waals surface area contributed by atoms with Gasteiger partial charge in [-0.05, 0) is 36.5 Å². The molecule has 3 aliphatic rings. The molecule has 0 unspecified atom stereocenters. The second-order valence-corrected chi connectivity index (χ2v) is 9.52. The molecule has 3 aliphatic heterocycles. The number of nitrogens with zero attached hydrogens (tertiary/aromatic N) is 4. The normalized spacial score (nSPS) is 20.6. The predicted octanol–water partition coefficient (Wildman–Crippen LogP) is 5.20. The monoisotopic (exact) mass is 509 g/mol. The molecule has 0 bridgehead atoms. The van der Waals surface area contributed by atoms with Crippen molar-refractivity contribution in [3.8, 4) is 0 Å². The number of aromatic carboxylic acids is 1. The highest BCUT2D eigenvalue weighted by molar-refractivity contribution is 6.04. The molecule has 12 heteroatoms. The number of hydrogen-bond donors (Lipinski definition) is 2. The lowest BCUT2D eigenvalue weighted by molar-refractivity contribution is -0.133.